The van der Waals surface area contributed by atoms with E-state index in [-0.39, 0.29) is 11.9 Å². The molecule has 5 nitrogen and oxygen atoms in total. The van der Waals surface area contributed by atoms with Crippen molar-refractivity contribution < 1.29 is 9.00 Å². The summed E-state index contributed by atoms with van der Waals surface area (Å²) in [5, 5.41) is 2.51. The van der Waals surface area contributed by atoms with E-state index in [9.17, 15) is 9.00 Å². The van der Waals surface area contributed by atoms with E-state index < -0.39 is 10.8 Å². The fraction of sp³-hybridized carbons (Fsp3) is 0.600. The van der Waals surface area contributed by atoms with Crippen LogP contribution >= 0.6 is 11.3 Å². The van der Waals surface area contributed by atoms with Crippen molar-refractivity contribution in [3.63, 3.8) is 0 Å². The van der Waals surface area contributed by atoms with Crippen LogP contribution in [0.2, 0.25) is 0 Å². The number of nitrogens with zero attached hydrogens (tertiary/aromatic N) is 2. The Labute approximate surface area is 106 Å². The molecule has 0 aliphatic carbocycles. The van der Waals surface area contributed by atoms with Crippen molar-refractivity contribution in [2.24, 2.45) is 5.73 Å². The van der Waals surface area contributed by atoms with Crippen LogP contribution in [-0.2, 0) is 10.8 Å². The number of amides is 1. The molecule has 1 aromatic heterocycles. The van der Waals surface area contributed by atoms with Crippen molar-refractivity contribution in [3.05, 3.63) is 16.1 Å². The minimum absolute atomic E-state index is 0.0788. The lowest BCUT2D eigenvalue weighted by Gasteiger charge is -2.25. The first-order valence-corrected chi connectivity index (χ1v) is 7.80. The topological polar surface area (TPSA) is 76.3 Å². The zero-order chi connectivity index (χ0) is 12.4. The maximum absolute atomic E-state index is 12.1. The molecule has 1 aromatic rings. The number of thiazole rings is 1. The highest BCUT2D eigenvalue weighted by molar-refractivity contribution is 7.85. The van der Waals surface area contributed by atoms with Crippen molar-refractivity contribution in [2.45, 2.75) is 13.0 Å². The summed E-state index contributed by atoms with van der Waals surface area (Å²) in [7, 11) is -0.768. The van der Waals surface area contributed by atoms with Gasteiger partial charge < -0.3 is 10.6 Å². The van der Waals surface area contributed by atoms with Crippen LogP contribution in [0.1, 0.15) is 28.5 Å². The molecule has 1 saturated heterocycles. The lowest BCUT2D eigenvalue weighted by molar-refractivity contribution is 0.0766. The summed E-state index contributed by atoms with van der Waals surface area (Å²) in [5.41, 5.74) is 6.16. The van der Waals surface area contributed by atoms with Crippen LogP contribution in [0.4, 0.5) is 0 Å². The van der Waals surface area contributed by atoms with Gasteiger partial charge in [-0.05, 0) is 6.92 Å². The fourth-order valence-electron chi connectivity index (χ4n) is 1.60. The number of nitrogens with two attached hydrogens (primary N) is 1. The summed E-state index contributed by atoms with van der Waals surface area (Å²) in [6.07, 6.45) is 0. The summed E-state index contributed by atoms with van der Waals surface area (Å²) in [6.45, 7) is 2.95. The standard InChI is InChI=1S/C10H15N3O2S2/c1-7(11)9-12-8(6-16-9)10(14)13-2-4-17(15)5-3-13/h6-7H,2-5,11H2,1H3. The molecular formula is C10H15N3O2S2. The SMILES string of the molecule is CC(N)c1nc(C(=O)N2CCS(=O)CC2)cs1. The first-order valence-electron chi connectivity index (χ1n) is 5.43. The number of hydrogen-bond acceptors (Lipinski definition) is 5. The van der Waals surface area contributed by atoms with E-state index in [1.165, 1.54) is 11.3 Å². The maximum atomic E-state index is 12.1. The van der Waals surface area contributed by atoms with Crippen LogP contribution in [0, 0.1) is 0 Å². The van der Waals surface area contributed by atoms with E-state index in [1.807, 2.05) is 6.92 Å². The van der Waals surface area contributed by atoms with Gasteiger partial charge in [0.25, 0.3) is 5.91 Å². The summed E-state index contributed by atoms with van der Waals surface area (Å²) in [6, 6.07) is -0.143. The van der Waals surface area contributed by atoms with Crippen LogP contribution in [-0.4, -0.2) is 44.6 Å². The predicted octanol–water partition coefficient (Wildman–Crippen LogP) is 0.367. The van der Waals surface area contributed by atoms with Gasteiger partial charge in [-0.1, -0.05) is 0 Å². The van der Waals surface area contributed by atoms with E-state index in [0.717, 1.165) is 5.01 Å². The van der Waals surface area contributed by atoms with Gasteiger partial charge in [-0.3, -0.25) is 9.00 Å². The third kappa shape index (κ3) is 2.91. The largest absolute Gasteiger partial charge is 0.335 e. The van der Waals surface area contributed by atoms with Gasteiger partial charge in [-0.2, -0.15) is 0 Å². The fourth-order valence-corrected chi connectivity index (χ4v) is 3.40. The number of aromatic nitrogens is 1. The van der Waals surface area contributed by atoms with E-state index in [0.29, 0.717) is 30.3 Å². The second-order valence-corrected chi connectivity index (χ2v) is 6.59. The smallest absolute Gasteiger partial charge is 0.273 e. The number of hydrogen-bond donors (Lipinski definition) is 1. The van der Waals surface area contributed by atoms with Crippen molar-refractivity contribution >= 4 is 28.0 Å². The van der Waals surface area contributed by atoms with Crippen LogP contribution in [0.25, 0.3) is 0 Å². The molecule has 2 N–H and O–H groups in total. The lowest BCUT2D eigenvalue weighted by Crippen LogP contribution is -2.41. The average Bonchev–Trinajstić information content (AvgIpc) is 2.78. The molecule has 0 spiro atoms. The van der Waals surface area contributed by atoms with Gasteiger partial charge >= 0.3 is 0 Å². The quantitative estimate of drug-likeness (QED) is 0.844. The Morgan fingerprint density at radius 2 is 2.24 bits per heavy atom. The summed E-state index contributed by atoms with van der Waals surface area (Å²) < 4.78 is 11.2. The third-order valence-corrected chi connectivity index (χ3v) is 4.92. The molecule has 1 unspecified atom stereocenters. The van der Waals surface area contributed by atoms with Gasteiger partial charge in [0.05, 0.1) is 6.04 Å². The van der Waals surface area contributed by atoms with Gasteiger partial charge in [0, 0.05) is 40.8 Å². The number of rotatable bonds is 2. The molecule has 1 amide bonds. The van der Waals surface area contributed by atoms with Crippen molar-refractivity contribution in [2.75, 3.05) is 24.6 Å². The molecule has 1 atom stereocenters. The normalized spacial score (nSPS) is 19.3. The molecule has 0 bridgehead atoms. The van der Waals surface area contributed by atoms with Crippen LogP contribution in [0.15, 0.2) is 5.38 Å². The first kappa shape index (κ1) is 12.7. The Hall–Kier alpha value is -0.790. The highest BCUT2D eigenvalue weighted by atomic mass is 32.2. The van der Waals surface area contributed by atoms with Crippen LogP contribution < -0.4 is 5.73 Å². The Morgan fingerprint density at radius 3 is 2.76 bits per heavy atom. The van der Waals surface area contributed by atoms with Crippen molar-refractivity contribution in [1.82, 2.24) is 9.88 Å². The van der Waals surface area contributed by atoms with E-state index in [1.54, 1.807) is 10.3 Å². The Bertz CT molecular complexity index is 435. The second-order valence-electron chi connectivity index (χ2n) is 4.00. The zero-order valence-corrected chi connectivity index (χ0v) is 11.2. The lowest BCUT2D eigenvalue weighted by atomic mass is 10.3. The van der Waals surface area contributed by atoms with Gasteiger partial charge in [-0.25, -0.2) is 4.98 Å². The molecule has 0 saturated carbocycles. The van der Waals surface area contributed by atoms with E-state index in [4.69, 9.17) is 5.73 Å². The Balaban J connectivity index is 2.06. The molecule has 2 rings (SSSR count). The molecule has 7 heteroatoms. The molecular weight excluding hydrogens is 258 g/mol. The number of carbonyl (C=O) groups excluding carboxylic acids is 1. The van der Waals surface area contributed by atoms with Gasteiger partial charge in [0.15, 0.2) is 0 Å². The molecule has 17 heavy (non-hydrogen) atoms. The molecule has 2 heterocycles. The Morgan fingerprint density at radius 1 is 1.59 bits per heavy atom. The van der Waals surface area contributed by atoms with Crippen molar-refractivity contribution in [3.8, 4) is 0 Å². The molecule has 1 aliphatic rings. The molecule has 94 valence electrons. The highest BCUT2D eigenvalue weighted by Gasteiger charge is 2.23. The molecule has 1 aliphatic heterocycles. The molecule has 1 fully saturated rings. The minimum atomic E-state index is -0.768. The first-order chi connectivity index (χ1) is 8.08. The van der Waals surface area contributed by atoms with Crippen molar-refractivity contribution in [1.29, 1.82) is 0 Å². The monoisotopic (exact) mass is 273 g/mol. The van der Waals surface area contributed by atoms with Gasteiger partial charge in [-0.15, -0.1) is 11.3 Å². The van der Waals surface area contributed by atoms with E-state index >= 15 is 0 Å². The van der Waals surface area contributed by atoms with Crippen LogP contribution in [0.5, 0.6) is 0 Å². The zero-order valence-electron chi connectivity index (χ0n) is 9.59. The number of carbonyl (C=O) groups is 1. The Kier molecular flexibility index (Phi) is 3.90. The summed E-state index contributed by atoms with van der Waals surface area (Å²) in [4.78, 5) is 18.0. The second kappa shape index (κ2) is 5.24. The van der Waals surface area contributed by atoms with Gasteiger partial charge in [0.1, 0.15) is 10.7 Å². The predicted molar refractivity (Wildman–Crippen MR) is 68.5 cm³/mol. The maximum Gasteiger partial charge on any atom is 0.273 e. The highest BCUT2D eigenvalue weighted by Crippen LogP contribution is 2.17. The minimum Gasteiger partial charge on any atom is -0.335 e. The van der Waals surface area contributed by atoms with E-state index in [2.05, 4.69) is 4.98 Å². The average molecular weight is 273 g/mol. The summed E-state index contributed by atoms with van der Waals surface area (Å²) in [5.74, 6) is 1.05. The molecule has 0 radical (unpaired) electrons. The molecule has 0 aromatic carbocycles. The van der Waals surface area contributed by atoms with Crippen LogP contribution in [0.3, 0.4) is 0 Å². The van der Waals surface area contributed by atoms with Gasteiger partial charge in [0.2, 0.25) is 0 Å². The third-order valence-electron chi connectivity index (χ3n) is 2.60. The summed E-state index contributed by atoms with van der Waals surface area (Å²) >= 11 is 1.41.